The molecule has 0 aromatic heterocycles. The smallest absolute Gasteiger partial charge is 0.183 e. The average Bonchev–Trinajstić information content (AvgIpc) is 2.39. The molecule has 0 saturated heterocycles. The summed E-state index contributed by atoms with van der Waals surface area (Å²) in [5, 5.41) is 7.24. The van der Waals surface area contributed by atoms with Crippen molar-refractivity contribution in [3.8, 4) is 0 Å². The Bertz CT molecular complexity index is 377. The molecule has 1 aliphatic rings. The van der Waals surface area contributed by atoms with Gasteiger partial charge in [-0.25, -0.2) is 0 Å². The first kappa shape index (κ1) is 11.1. The van der Waals surface area contributed by atoms with E-state index in [9.17, 15) is 4.79 Å². The molecule has 1 N–H and O–H groups in total. The highest BCUT2D eigenvalue weighted by molar-refractivity contribution is 6.30. The number of benzene rings is 1. The molecule has 0 amide bonds. The van der Waals surface area contributed by atoms with Crippen molar-refractivity contribution in [2.75, 3.05) is 0 Å². The van der Waals surface area contributed by atoms with Crippen LogP contribution in [0, 0.1) is 5.41 Å². The number of rotatable bonds is 3. The van der Waals surface area contributed by atoms with Gasteiger partial charge in [-0.15, -0.1) is 0 Å². The van der Waals surface area contributed by atoms with E-state index in [2.05, 4.69) is 0 Å². The normalized spacial score (nSPS) is 19.0. The Kier molecular flexibility index (Phi) is 3.18. The van der Waals surface area contributed by atoms with Crippen LogP contribution in [0.25, 0.3) is 0 Å². The highest BCUT2D eigenvalue weighted by Gasteiger charge is 2.39. The Morgan fingerprint density at radius 2 is 1.75 bits per heavy atom. The van der Waals surface area contributed by atoms with Crippen LogP contribution in [0.4, 0.5) is 0 Å². The van der Waals surface area contributed by atoms with Gasteiger partial charge in [0, 0.05) is 0 Å². The lowest BCUT2D eigenvalue weighted by Gasteiger charge is -2.35. The predicted octanol–water partition coefficient (Wildman–Crippen LogP) is 3.11. The van der Waals surface area contributed by atoms with Crippen LogP contribution in [0.2, 0.25) is 0 Å². The first-order chi connectivity index (χ1) is 7.79. The molecule has 0 atom stereocenters. The van der Waals surface area contributed by atoms with Crippen molar-refractivity contribution in [1.29, 1.82) is 5.41 Å². The predicted molar refractivity (Wildman–Crippen MR) is 65.0 cm³/mol. The van der Waals surface area contributed by atoms with Crippen LogP contribution >= 0.6 is 0 Å². The number of ketones is 1. The van der Waals surface area contributed by atoms with Crippen molar-refractivity contribution < 1.29 is 4.79 Å². The van der Waals surface area contributed by atoms with E-state index < -0.39 is 5.41 Å². The molecule has 0 bridgehead atoms. The van der Waals surface area contributed by atoms with E-state index in [4.69, 9.17) is 5.41 Å². The minimum absolute atomic E-state index is 0.0293. The molecule has 0 unspecified atom stereocenters. The third kappa shape index (κ3) is 1.80. The lowest BCUT2D eigenvalue weighted by atomic mass is 9.67. The summed E-state index contributed by atoms with van der Waals surface area (Å²) < 4.78 is 0. The molecule has 2 nitrogen and oxygen atoms in total. The third-order valence-corrected chi connectivity index (χ3v) is 3.64. The fourth-order valence-electron chi connectivity index (χ4n) is 2.73. The second-order valence-corrected chi connectivity index (χ2v) is 4.52. The third-order valence-electron chi connectivity index (χ3n) is 3.64. The number of Topliss-reactive ketones (excluding diaryl/α,β-unsaturated/α-hetero) is 1. The van der Waals surface area contributed by atoms with E-state index in [0.29, 0.717) is 0 Å². The van der Waals surface area contributed by atoms with Crippen LogP contribution < -0.4 is 0 Å². The molecule has 1 aromatic rings. The fourth-order valence-corrected chi connectivity index (χ4v) is 2.73. The van der Waals surface area contributed by atoms with Crippen molar-refractivity contribution in [1.82, 2.24) is 0 Å². The summed E-state index contributed by atoms with van der Waals surface area (Å²) in [4.78, 5) is 12.0. The van der Waals surface area contributed by atoms with E-state index in [1.807, 2.05) is 30.3 Å². The Balaban J connectivity index is 2.41. The molecule has 0 radical (unpaired) electrons. The first-order valence-electron chi connectivity index (χ1n) is 5.90. The van der Waals surface area contributed by atoms with Crippen LogP contribution in [-0.2, 0) is 10.2 Å². The number of carbonyl (C=O) groups is 1. The SMILES string of the molecule is N=CC(=O)C1(c2ccccc2)CCCCC1. The Hall–Kier alpha value is -1.44. The van der Waals surface area contributed by atoms with Crippen molar-refractivity contribution in [3.63, 3.8) is 0 Å². The number of nitrogens with one attached hydrogen (secondary N) is 1. The molecule has 0 aliphatic heterocycles. The fraction of sp³-hybridized carbons (Fsp3) is 0.429. The summed E-state index contributed by atoms with van der Waals surface area (Å²) >= 11 is 0. The maximum absolute atomic E-state index is 12.0. The van der Waals surface area contributed by atoms with E-state index in [1.165, 1.54) is 6.42 Å². The minimum Gasteiger partial charge on any atom is -0.305 e. The number of hydrogen-bond donors (Lipinski definition) is 1. The average molecular weight is 215 g/mol. The summed E-state index contributed by atoms with van der Waals surface area (Å²) in [7, 11) is 0. The summed E-state index contributed by atoms with van der Waals surface area (Å²) in [6.45, 7) is 0. The molecule has 2 rings (SSSR count). The van der Waals surface area contributed by atoms with Crippen LogP contribution in [0.5, 0.6) is 0 Å². The maximum Gasteiger partial charge on any atom is 0.183 e. The van der Waals surface area contributed by atoms with Gasteiger partial charge < -0.3 is 5.41 Å². The van der Waals surface area contributed by atoms with Crippen molar-refractivity contribution in [3.05, 3.63) is 35.9 Å². The number of carbonyl (C=O) groups excluding carboxylic acids is 1. The quantitative estimate of drug-likeness (QED) is 0.773. The molecule has 2 heteroatoms. The van der Waals surface area contributed by atoms with Crippen LogP contribution in [0.15, 0.2) is 30.3 Å². The molecule has 0 spiro atoms. The van der Waals surface area contributed by atoms with Crippen molar-refractivity contribution in [2.24, 2.45) is 0 Å². The number of hydrogen-bond acceptors (Lipinski definition) is 2. The second-order valence-electron chi connectivity index (χ2n) is 4.52. The summed E-state index contributed by atoms with van der Waals surface area (Å²) in [6, 6.07) is 9.96. The van der Waals surface area contributed by atoms with Gasteiger partial charge in [0.25, 0.3) is 0 Å². The topological polar surface area (TPSA) is 40.9 Å². The van der Waals surface area contributed by atoms with Gasteiger partial charge >= 0.3 is 0 Å². The van der Waals surface area contributed by atoms with Crippen LogP contribution in [0.3, 0.4) is 0 Å². The molecule has 1 aliphatic carbocycles. The Labute approximate surface area is 96.2 Å². The van der Waals surface area contributed by atoms with E-state index in [0.717, 1.165) is 37.5 Å². The van der Waals surface area contributed by atoms with Gasteiger partial charge in [0.2, 0.25) is 0 Å². The van der Waals surface area contributed by atoms with Gasteiger partial charge in [-0.1, -0.05) is 49.6 Å². The molecule has 84 valence electrons. The van der Waals surface area contributed by atoms with Crippen molar-refractivity contribution >= 4 is 12.0 Å². The molecular weight excluding hydrogens is 198 g/mol. The van der Waals surface area contributed by atoms with Crippen LogP contribution in [0.1, 0.15) is 37.7 Å². The highest BCUT2D eigenvalue weighted by atomic mass is 16.1. The zero-order valence-electron chi connectivity index (χ0n) is 9.41. The van der Waals surface area contributed by atoms with Gasteiger partial charge in [0.1, 0.15) is 0 Å². The highest BCUT2D eigenvalue weighted by Crippen LogP contribution is 2.39. The van der Waals surface area contributed by atoms with Gasteiger partial charge in [0.15, 0.2) is 5.78 Å². The molecule has 16 heavy (non-hydrogen) atoms. The van der Waals surface area contributed by atoms with Crippen LogP contribution in [-0.4, -0.2) is 12.0 Å². The van der Waals surface area contributed by atoms with E-state index in [-0.39, 0.29) is 5.78 Å². The van der Waals surface area contributed by atoms with E-state index in [1.54, 1.807) is 0 Å². The monoisotopic (exact) mass is 215 g/mol. The molecule has 1 aromatic carbocycles. The molecule has 1 fully saturated rings. The zero-order chi connectivity index (χ0) is 11.4. The zero-order valence-corrected chi connectivity index (χ0v) is 9.41. The van der Waals surface area contributed by atoms with Gasteiger partial charge in [-0.05, 0) is 18.4 Å². The first-order valence-corrected chi connectivity index (χ1v) is 5.90. The molecular formula is C14H17NO. The lowest BCUT2D eigenvalue weighted by molar-refractivity contribution is -0.118. The second kappa shape index (κ2) is 4.60. The summed E-state index contributed by atoms with van der Waals surface area (Å²) in [5.41, 5.74) is 0.685. The summed E-state index contributed by atoms with van der Waals surface area (Å²) in [6.07, 6.45) is 6.18. The standard InChI is InChI=1S/C14H17NO/c15-11-13(16)14(9-5-2-6-10-14)12-7-3-1-4-8-12/h1,3-4,7-8,11,15H,2,5-6,9-10H2. The minimum atomic E-state index is -0.402. The van der Waals surface area contributed by atoms with Gasteiger partial charge in [-0.2, -0.15) is 0 Å². The van der Waals surface area contributed by atoms with Crippen molar-refractivity contribution in [2.45, 2.75) is 37.5 Å². The van der Waals surface area contributed by atoms with E-state index >= 15 is 0 Å². The lowest BCUT2D eigenvalue weighted by Crippen LogP contribution is -2.38. The Morgan fingerprint density at radius 3 is 2.31 bits per heavy atom. The maximum atomic E-state index is 12.0. The molecule has 0 heterocycles. The van der Waals surface area contributed by atoms with Gasteiger partial charge in [-0.3, -0.25) is 4.79 Å². The van der Waals surface area contributed by atoms with Gasteiger partial charge in [0.05, 0.1) is 11.6 Å². The molecule has 1 saturated carbocycles. The largest absolute Gasteiger partial charge is 0.305 e. The Morgan fingerprint density at radius 1 is 1.12 bits per heavy atom. The summed E-state index contributed by atoms with van der Waals surface area (Å²) in [5.74, 6) is -0.0293.